The van der Waals surface area contributed by atoms with Crippen LogP contribution in [-0.2, 0) is 20.9 Å². The van der Waals surface area contributed by atoms with E-state index in [1.165, 1.54) is 0 Å². The zero-order valence-electron chi connectivity index (χ0n) is 21.7. The van der Waals surface area contributed by atoms with E-state index in [0.29, 0.717) is 60.7 Å². The number of hydrogen-bond acceptors (Lipinski definition) is 5. The van der Waals surface area contributed by atoms with Crippen molar-refractivity contribution >= 4 is 17.5 Å². The van der Waals surface area contributed by atoms with Gasteiger partial charge in [-0.15, -0.1) is 0 Å². The molecule has 0 spiro atoms. The third kappa shape index (κ3) is 4.97. The third-order valence-corrected chi connectivity index (χ3v) is 7.40. The molecule has 0 aromatic heterocycles. The fourth-order valence-corrected chi connectivity index (χ4v) is 5.67. The average molecular weight is 501 g/mol. The lowest BCUT2D eigenvalue weighted by Gasteiger charge is -2.42. The molecule has 0 radical (unpaired) electrons. The number of carboxylic acids is 1. The number of aromatic carboxylic acids is 1. The summed E-state index contributed by atoms with van der Waals surface area (Å²) < 4.78 is 12.3. The predicted octanol–water partition coefficient (Wildman–Crippen LogP) is 6.36. The maximum atomic E-state index is 13.4. The van der Waals surface area contributed by atoms with Crippen molar-refractivity contribution in [1.82, 2.24) is 0 Å². The molecule has 192 valence electrons. The molecule has 0 saturated carbocycles. The Hall–Kier alpha value is -3.67. The Morgan fingerprint density at radius 1 is 0.838 bits per heavy atom. The van der Waals surface area contributed by atoms with E-state index in [-0.39, 0.29) is 28.0 Å². The Balaban J connectivity index is 1.44. The van der Waals surface area contributed by atoms with E-state index in [2.05, 4.69) is 27.7 Å². The highest BCUT2D eigenvalue weighted by Gasteiger charge is 2.47. The second-order valence-electron chi connectivity index (χ2n) is 12.0. The Kier molecular flexibility index (Phi) is 6.09. The van der Waals surface area contributed by atoms with Crippen LogP contribution in [0.2, 0.25) is 0 Å². The first-order valence-corrected chi connectivity index (χ1v) is 12.7. The molecule has 1 aliphatic heterocycles. The van der Waals surface area contributed by atoms with Gasteiger partial charge in [-0.2, -0.15) is 0 Å². The lowest BCUT2D eigenvalue weighted by Crippen LogP contribution is -2.37. The minimum atomic E-state index is -0.965. The molecule has 3 aliphatic rings. The van der Waals surface area contributed by atoms with E-state index in [1.54, 1.807) is 24.3 Å². The van der Waals surface area contributed by atoms with Gasteiger partial charge in [-0.3, -0.25) is 9.59 Å². The predicted molar refractivity (Wildman–Crippen MR) is 138 cm³/mol. The summed E-state index contributed by atoms with van der Waals surface area (Å²) in [5, 5.41) is 9.06. The minimum absolute atomic E-state index is 0.0468. The molecule has 0 saturated heterocycles. The van der Waals surface area contributed by atoms with Crippen LogP contribution in [0.25, 0.3) is 0 Å². The molecule has 2 aromatic rings. The van der Waals surface area contributed by atoms with Crippen LogP contribution in [0.5, 0.6) is 5.75 Å². The highest BCUT2D eigenvalue weighted by atomic mass is 16.5. The fraction of sp³-hybridized carbons (Fsp3) is 0.387. The number of ether oxygens (including phenoxy) is 2. The highest BCUT2D eigenvalue weighted by Crippen LogP contribution is 2.53. The first-order chi connectivity index (χ1) is 17.4. The molecule has 1 heterocycles. The molecular formula is C31H32O6. The molecule has 0 fully saturated rings. The molecule has 6 heteroatoms. The van der Waals surface area contributed by atoms with E-state index in [9.17, 15) is 14.4 Å². The zero-order chi connectivity index (χ0) is 26.5. The number of benzene rings is 2. The van der Waals surface area contributed by atoms with Gasteiger partial charge >= 0.3 is 5.97 Å². The summed E-state index contributed by atoms with van der Waals surface area (Å²) in [7, 11) is 0. The van der Waals surface area contributed by atoms with Crippen molar-refractivity contribution in [2.75, 3.05) is 0 Å². The largest absolute Gasteiger partial charge is 0.489 e. The smallest absolute Gasteiger partial charge is 0.335 e. The summed E-state index contributed by atoms with van der Waals surface area (Å²) in [5.74, 6) is 0.766. The summed E-state index contributed by atoms with van der Waals surface area (Å²) >= 11 is 0. The molecule has 0 unspecified atom stereocenters. The SMILES string of the molecule is CC1(C)CC(=O)C2=C(C1)OC1=C(C(=O)CC(C)(C)C1)C2c1ccc(OCc2ccc(C(=O)O)cc2)cc1. The van der Waals surface area contributed by atoms with Crippen LogP contribution in [-0.4, -0.2) is 22.6 Å². The van der Waals surface area contributed by atoms with Gasteiger partial charge in [-0.05, 0) is 46.2 Å². The Bertz CT molecular complexity index is 1290. The fourth-order valence-electron chi connectivity index (χ4n) is 5.67. The summed E-state index contributed by atoms with van der Waals surface area (Å²) in [6.45, 7) is 8.60. The van der Waals surface area contributed by atoms with E-state index in [4.69, 9.17) is 14.6 Å². The van der Waals surface area contributed by atoms with Gasteiger partial charge in [0, 0.05) is 42.7 Å². The van der Waals surface area contributed by atoms with E-state index < -0.39 is 11.9 Å². The standard InChI is InChI=1S/C31H32O6/c1-30(2)13-22(32)27-24(15-30)37-25-16-31(3,4)14-23(33)28(25)26(27)19-9-11-21(12-10-19)36-17-18-5-7-20(8-6-18)29(34)35/h5-12,26H,13-17H2,1-4H3,(H,34,35). The normalized spacial score (nSPS) is 20.8. The van der Waals surface area contributed by atoms with Crippen molar-refractivity contribution in [3.05, 3.63) is 87.9 Å². The van der Waals surface area contributed by atoms with Gasteiger partial charge in [-0.25, -0.2) is 4.79 Å². The van der Waals surface area contributed by atoms with Crippen molar-refractivity contribution in [2.24, 2.45) is 10.8 Å². The molecular weight excluding hydrogens is 468 g/mol. The maximum Gasteiger partial charge on any atom is 0.335 e. The number of ketones is 2. The molecule has 0 bridgehead atoms. The van der Waals surface area contributed by atoms with Crippen LogP contribution < -0.4 is 4.74 Å². The van der Waals surface area contributed by atoms with Crippen molar-refractivity contribution in [2.45, 2.75) is 65.9 Å². The van der Waals surface area contributed by atoms with Gasteiger partial charge in [0.25, 0.3) is 0 Å². The molecule has 6 nitrogen and oxygen atoms in total. The maximum absolute atomic E-state index is 13.4. The van der Waals surface area contributed by atoms with Crippen LogP contribution in [0.3, 0.4) is 0 Å². The van der Waals surface area contributed by atoms with E-state index in [0.717, 1.165) is 11.1 Å². The van der Waals surface area contributed by atoms with Gasteiger partial charge in [0.2, 0.25) is 0 Å². The van der Waals surface area contributed by atoms with Crippen molar-refractivity contribution in [3.8, 4) is 5.75 Å². The first-order valence-electron chi connectivity index (χ1n) is 12.7. The van der Waals surface area contributed by atoms with Gasteiger partial charge in [0.1, 0.15) is 23.9 Å². The lowest BCUT2D eigenvalue weighted by molar-refractivity contribution is -0.120. The molecule has 2 aromatic carbocycles. The van der Waals surface area contributed by atoms with Crippen molar-refractivity contribution in [3.63, 3.8) is 0 Å². The highest BCUT2D eigenvalue weighted by molar-refractivity contribution is 6.06. The second kappa shape index (κ2) is 9.02. The monoisotopic (exact) mass is 500 g/mol. The number of rotatable bonds is 5. The number of Topliss-reactive ketones (excluding diaryl/α,β-unsaturated/α-hetero) is 2. The summed E-state index contributed by atoms with van der Waals surface area (Å²) in [6.07, 6.45) is 2.18. The molecule has 1 N–H and O–H groups in total. The van der Waals surface area contributed by atoms with Crippen molar-refractivity contribution in [1.29, 1.82) is 0 Å². The Morgan fingerprint density at radius 2 is 1.35 bits per heavy atom. The third-order valence-electron chi connectivity index (χ3n) is 7.40. The summed E-state index contributed by atoms with van der Waals surface area (Å²) in [6, 6.07) is 14.1. The topological polar surface area (TPSA) is 89.9 Å². The first kappa shape index (κ1) is 25.0. The number of allylic oxidation sites excluding steroid dienone is 4. The van der Waals surface area contributed by atoms with Gasteiger partial charge in [0.15, 0.2) is 11.6 Å². The quantitative estimate of drug-likeness (QED) is 0.514. The van der Waals surface area contributed by atoms with Crippen LogP contribution >= 0.6 is 0 Å². The Morgan fingerprint density at radius 3 is 1.84 bits per heavy atom. The number of carboxylic acid groups (broad SMARTS) is 1. The van der Waals surface area contributed by atoms with Crippen molar-refractivity contribution < 1.29 is 29.0 Å². The number of carbonyl (C=O) groups is 3. The lowest BCUT2D eigenvalue weighted by atomic mass is 9.65. The summed E-state index contributed by atoms with van der Waals surface area (Å²) in [4.78, 5) is 37.8. The van der Waals surface area contributed by atoms with Crippen LogP contribution in [0.15, 0.2) is 71.2 Å². The van der Waals surface area contributed by atoms with E-state index >= 15 is 0 Å². The van der Waals surface area contributed by atoms with Gasteiger partial charge in [0.05, 0.1) is 5.56 Å². The van der Waals surface area contributed by atoms with Crippen LogP contribution in [0.1, 0.15) is 80.8 Å². The average Bonchev–Trinajstić information content (AvgIpc) is 2.80. The molecule has 37 heavy (non-hydrogen) atoms. The summed E-state index contributed by atoms with van der Waals surface area (Å²) in [5.41, 5.74) is 2.83. The van der Waals surface area contributed by atoms with Crippen LogP contribution in [0.4, 0.5) is 0 Å². The second-order valence-corrected chi connectivity index (χ2v) is 12.0. The van der Waals surface area contributed by atoms with Gasteiger partial charge in [-0.1, -0.05) is 52.0 Å². The van der Waals surface area contributed by atoms with Gasteiger partial charge < -0.3 is 14.6 Å². The van der Waals surface area contributed by atoms with Crippen LogP contribution in [0, 0.1) is 10.8 Å². The minimum Gasteiger partial charge on any atom is -0.489 e. The molecule has 2 aliphatic carbocycles. The molecule has 0 amide bonds. The molecule has 0 atom stereocenters. The molecule has 5 rings (SSSR count). The number of carbonyl (C=O) groups excluding carboxylic acids is 2. The Labute approximate surface area is 217 Å². The van der Waals surface area contributed by atoms with E-state index in [1.807, 2.05) is 24.3 Å². The number of hydrogen-bond donors (Lipinski definition) is 1. The zero-order valence-corrected chi connectivity index (χ0v) is 21.7.